The number of nitrogens with one attached hydrogen (secondary N) is 2. The Bertz CT molecular complexity index is 422. The second kappa shape index (κ2) is 7.14. The van der Waals surface area contributed by atoms with Gasteiger partial charge >= 0.3 is 6.03 Å². The summed E-state index contributed by atoms with van der Waals surface area (Å²) in [6.07, 6.45) is 0.121. The van der Waals surface area contributed by atoms with Gasteiger partial charge in [-0.2, -0.15) is 0 Å². The molecule has 5 nitrogen and oxygen atoms in total. The fourth-order valence-corrected chi connectivity index (χ4v) is 1.53. The van der Waals surface area contributed by atoms with Gasteiger partial charge in [-0.15, -0.1) is 0 Å². The van der Waals surface area contributed by atoms with E-state index in [0.717, 1.165) is 5.75 Å². The molecule has 0 saturated carbocycles. The molecule has 0 aliphatic rings. The van der Waals surface area contributed by atoms with Gasteiger partial charge in [0, 0.05) is 12.2 Å². The van der Waals surface area contributed by atoms with Gasteiger partial charge < -0.3 is 20.5 Å². The molecule has 0 saturated heterocycles. The molecule has 1 atom stereocenters. The van der Waals surface area contributed by atoms with Crippen molar-refractivity contribution < 1.29 is 14.6 Å². The van der Waals surface area contributed by atoms with E-state index in [4.69, 9.17) is 9.84 Å². The van der Waals surface area contributed by atoms with Crippen molar-refractivity contribution in [2.75, 3.05) is 11.9 Å². The third-order valence-electron chi connectivity index (χ3n) is 2.38. The van der Waals surface area contributed by atoms with Gasteiger partial charge in [0.1, 0.15) is 11.4 Å². The summed E-state index contributed by atoms with van der Waals surface area (Å²) in [5.41, 5.74) is 0.452. The van der Waals surface area contributed by atoms with Crippen LogP contribution in [-0.2, 0) is 0 Å². The number of hydrogen-bond acceptors (Lipinski definition) is 3. The highest BCUT2D eigenvalue weighted by Crippen LogP contribution is 2.20. The number of benzene rings is 1. The van der Waals surface area contributed by atoms with Gasteiger partial charge in [-0.1, -0.05) is 0 Å². The number of rotatable bonds is 5. The van der Waals surface area contributed by atoms with E-state index in [1.54, 1.807) is 19.1 Å². The molecular weight excluding hydrogens is 256 g/mol. The summed E-state index contributed by atoms with van der Waals surface area (Å²) in [5.74, 6) is 0.762. The fourth-order valence-electron chi connectivity index (χ4n) is 1.53. The van der Waals surface area contributed by atoms with Crippen LogP contribution < -0.4 is 15.4 Å². The summed E-state index contributed by atoms with van der Waals surface area (Å²) in [5, 5.41) is 14.5. The maximum absolute atomic E-state index is 11.6. The van der Waals surface area contributed by atoms with Crippen molar-refractivity contribution in [1.82, 2.24) is 5.32 Å². The van der Waals surface area contributed by atoms with Crippen LogP contribution in [0.2, 0.25) is 0 Å². The first kappa shape index (κ1) is 16.3. The van der Waals surface area contributed by atoms with Crippen molar-refractivity contribution >= 4 is 11.7 Å². The molecule has 1 aromatic rings. The predicted molar refractivity (Wildman–Crippen MR) is 80.1 cm³/mol. The Hall–Kier alpha value is -1.75. The normalized spacial score (nSPS) is 12.7. The Kier molecular flexibility index (Phi) is 5.82. The summed E-state index contributed by atoms with van der Waals surface area (Å²) in [7, 11) is 0. The van der Waals surface area contributed by atoms with Gasteiger partial charge in [0.25, 0.3) is 0 Å². The van der Waals surface area contributed by atoms with Crippen LogP contribution >= 0.6 is 0 Å². The van der Waals surface area contributed by atoms with Gasteiger partial charge in [0.2, 0.25) is 0 Å². The Labute approximate surface area is 120 Å². The minimum Gasteiger partial charge on any atom is -0.488 e. The van der Waals surface area contributed by atoms with Crippen LogP contribution in [0.15, 0.2) is 24.3 Å². The molecule has 0 aliphatic carbocycles. The third-order valence-corrected chi connectivity index (χ3v) is 2.38. The lowest BCUT2D eigenvalue weighted by Gasteiger charge is -2.21. The molecule has 1 aromatic carbocycles. The van der Waals surface area contributed by atoms with Crippen molar-refractivity contribution in [3.05, 3.63) is 24.3 Å². The Morgan fingerprint density at radius 3 is 2.40 bits per heavy atom. The van der Waals surface area contributed by atoms with Crippen LogP contribution in [0, 0.1) is 0 Å². The van der Waals surface area contributed by atoms with Gasteiger partial charge in [0.05, 0.1) is 6.10 Å². The van der Waals surface area contributed by atoms with Gasteiger partial charge in [-0.05, 0) is 58.4 Å². The number of anilines is 1. The molecule has 0 aliphatic heterocycles. The number of hydrogen-bond donors (Lipinski definition) is 3. The van der Waals surface area contributed by atoms with Crippen LogP contribution in [0.5, 0.6) is 5.75 Å². The van der Waals surface area contributed by atoms with Crippen molar-refractivity contribution in [1.29, 1.82) is 0 Å². The second-order valence-electron chi connectivity index (χ2n) is 5.76. The van der Waals surface area contributed by atoms with Crippen LogP contribution in [0.4, 0.5) is 10.5 Å². The quantitative estimate of drug-likeness (QED) is 0.776. The summed E-state index contributed by atoms with van der Waals surface area (Å²) in [6.45, 7) is 8.07. The molecule has 0 heterocycles. The number of aliphatic hydroxyl groups excluding tert-OH is 1. The lowest BCUT2D eigenvalue weighted by molar-refractivity contribution is 0.131. The summed E-state index contributed by atoms with van der Waals surface area (Å²) in [6, 6.07) is 6.92. The minimum atomic E-state index is -0.413. The molecule has 0 aromatic heterocycles. The van der Waals surface area contributed by atoms with Crippen molar-refractivity contribution in [3.8, 4) is 5.75 Å². The number of urea groups is 1. The minimum absolute atomic E-state index is 0.243. The van der Waals surface area contributed by atoms with E-state index in [2.05, 4.69) is 10.6 Å². The number of amides is 2. The molecule has 1 unspecified atom stereocenters. The van der Waals surface area contributed by atoms with Gasteiger partial charge in [-0.25, -0.2) is 4.79 Å². The van der Waals surface area contributed by atoms with E-state index in [1.807, 2.05) is 32.9 Å². The Morgan fingerprint density at radius 2 is 1.90 bits per heavy atom. The highest BCUT2D eigenvalue weighted by molar-refractivity contribution is 5.89. The molecule has 1 rings (SSSR count). The molecule has 112 valence electrons. The fraction of sp³-hybridized carbons (Fsp3) is 0.533. The molecule has 0 fully saturated rings. The zero-order chi connectivity index (χ0) is 15.2. The maximum atomic E-state index is 11.6. The standard InChI is InChI=1S/C15H24N2O3/c1-11(18)9-10-16-14(19)17-12-5-7-13(8-6-12)20-15(2,3)4/h5-8,11,18H,9-10H2,1-4H3,(H2,16,17,19). The smallest absolute Gasteiger partial charge is 0.319 e. The molecule has 0 spiro atoms. The molecule has 20 heavy (non-hydrogen) atoms. The van der Waals surface area contributed by atoms with Crippen LogP contribution in [0.3, 0.4) is 0 Å². The third kappa shape index (κ3) is 6.99. The average Bonchev–Trinajstić information content (AvgIpc) is 2.29. The average molecular weight is 280 g/mol. The Balaban J connectivity index is 2.43. The first-order valence-electron chi connectivity index (χ1n) is 6.78. The molecule has 3 N–H and O–H groups in total. The number of aliphatic hydroxyl groups is 1. The number of ether oxygens (including phenoxy) is 1. The zero-order valence-electron chi connectivity index (χ0n) is 12.6. The first-order valence-corrected chi connectivity index (χ1v) is 6.78. The number of carbonyl (C=O) groups excluding carboxylic acids is 1. The van der Waals surface area contributed by atoms with Crippen molar-refractivity contribution in [2.45, 2.75) is 45.8 Å². The highest BCUT2D eigenvalue weighted by Gasteiger charge is 2.11. The second-order valence-corrected chi connectivity index (χ2v) is 5.76. The summed E-state index contributed by atoms with van der Waals surface area (Å²) in [4.78, 5) is 11.6. The topological polar surface area (TPSA) is 70.6 Å². The first-order chi connectivity index (χ1) is 9.26. The van der Waals surface area contributed by atoms with Crippen LogP contribution in [0.25, 0.3) is 0 Å². The SMILES string of the molecule is CC(O)CCNC(=O)Nc1ccc(OC(C)(C)C)cc1. The Morgan fingerprint density at radius 1 is 1.30 bits per heavy atom. The van der Waals surface area contributed by atoms with Crippen molar-refractivity contribution in [3.63, 3.8) is 0 Å². The van der Waals surface area contributed by atoms with Gasteiger partial charge in [-0.3, -0.25) is 0 Å². The van der Waals surface area contributed by atoms with E-state index in [-0.39, 0.29) is 11.6 Å². The molecule has 2 amide bonds. The lowest BCUT2D eigenvalue weighted by Crippen LogP contribution is -2.30. The van der Waals surface area contributed by atoms with Gasteiger partial charge in [0.15, 0.2) is 0 Å². The monoisotopic (exact) mass is 280 g/mol. The lowest BCUT2D eigenvalue weighted by atomic mass is 10.2. The largest absolute Gasteiger partial charge is 0.488 e. The highest BCUT2D eigenvalue weighted by atomic mass is 16.5. The predicted octanol–water partition coefficient (Wildman–Crippen LogP) is 2.76. The molecule has 0 bridgehead atoms. The van der Waals surface area contributed by atoms with E-state index >= 15 is 0 Å². The van der Waals surface area contributed by atoms with E-state index < -0.39 is 6.10 Å². The van der Waals surface area contributed by atoms with Crippen LogP contribution in [-0.4, -0.2) is 29.4 Å². The molecule has 5 heteroatoms. The van der Waals surface area contributed by atoms with E-state index in [9.17, 15) is 4.79 Å². The summed E-state index contributed by atoms with van der Waals surface area (Å²) >= 11 is 0. The van der Waals surface area contributed by atoms with E-state index in [0.29, 0.717) is 18.7 Å². The van der Waals surface area contributed by atoms with Crippen molar-refractivity contribution in [2.24, 2.45) is 0 Å². The molecule has 0 radical (unpaired) electrons. The summed E-state index contributed by atoms with van der Waals surface area (Å²) < 4.78 is 5.70. The van der Waals surface area contributed by atoms with Crippen LogP contribution in [0.1, 0.15) is 34.1 Å². The maximum Gasteiger partial charge on any atom is 0.319 e. The molecular formula is C15H24N2O3. The van der Waals surface area contributed by atoms with E-state index in [1.165, 1.54) is 0 Å². The number of carbonyl (C=O) groups is 1. The zero-order valence-corrected chi connectivity index (χ0v) is 12.6.